The fourth-order valence-electron chi connectivity index (χ4n) is 2.11. The predicted molar refractivity (Wildman–Crippen MR) is 78.5 cm³/mol. The number of Topliss-reactive ketones (excluding diaryl/α,β-unsaturated/α-hetero) is 1. The van der Waals surface area contributed by atoms with Crippen LogP contribution in [0.3, 0.4) is 0 Å². The fourth-order valence-corrected chi connectivity index (χ4v) is 2.86. The summed E-state index contributed by atoms with van der Waals surface area (Å²) in [4.78, 5) is 29.8. The molecule has 1 fully saturated rings. The van der Waals surface area contributed by atoms with Crippen LogP contribution in [-0.2, 0) is 9.63 Å². The molecule has 0 atom stereocenters. The number of piperidine rings is 1. The number of carbonyl (C=O) groups excluding carboxylic acids is 2. The number of hydrogen-bond acceptors (Lipinski definition) is 5. The van der Waals surface area contributed by atoms with Gasteiger partial charge in [0.25, 0.3) is 0 Å². The quantitative estimate of drug-likeness (QED) is 0.803. The van der Waals surface area contributed by atoms with Crippen LogP contribution in [-0.4, -0.2) is 29.9 Å². The molecule has 0 spiro atoms. The Kier molecular flexibility index (Phi) is 4.78. The van der Waals surface area contributed by atoms with Crippen LogP contribution >= 0.6 is 11.3 Å². The highest BCUT2D eigenvalue weighted by molar-refractivity contribution is 7.12. The average molecular weight is 313 g/mol. The summed E-state index contributed by atoms with van der Waals surface area (Å²) in [5, 5.41) is 1.28. The van der Waals surface area contributed by atoms with E-state index >= 15 is 0 Å². The fraction of sp³-hybridized carbons (Fsp3) is 0.600. The molecule has 0 aliphatic carbocycles. The van der Waals surface area contributed by atoms with Gasteiger partial charge in [0.1, 0.15) is 0 Å². The van der Waals surface area contributed by atoms with Gasteiger partial charge >= 0.3 is 5.97 Å². The maximum atomic E-state index is 13.0. The monoisotopic (exact) mass is 313 g/mol. The zero-order valence-electron chi connectivity index (χ0n) is 12.5. The third-order valence-corrected chi connectivity index (χ3v) is 4.35. The van der Waals surface area contributed by atoms with Crippen molar-refractivity contribution in [2.24, 2.45) is 11.3 Å². The summed E-state index contributed by atoms with van der Waals surface area (Å²) in [6, 6.07) is 2.85. The Hall–Kier alpha value is -1.27. The van der Waals surface area contributed by atoms with Crippen molar-refractivity contribution in [2.45, 2.75) is 33.6 Å². The summed E-state index contributed by atoms with van der Waals surface area (Å²) in [5.41, 5.74) is -0.541. The van der Waals surface area contributed by atoms with Crippen LogP contribution in [0.1, 0.15) is 43.3 Å². The summed E-state index contributed by atoms with van der Waals surface area (Å²) >= 11 is 0.889. The van der Waals surface area contributed by atoms with Crippen LogP contribution in [0, 0.1) is 16.5 Å². The molecule has 0 aromatic carbocycles. The van der Waals surface area contributed by atoms with E-state index in [0.717, 1.165) is 11.3 Å². The van der Waals surface area contributed by atoms with Crippen molar-refractivity contribution in [3.8, 4) is 0 Å². The van der Waals surface area contributed by atoms with Gasteiger partial charge in [0, 0.05) is 19.0 Å². The lowest BCUT2D eigenvalue weighted by atomic mass is 9.92. The molecular formula is C15H20FNO3S. The topological polar surface area (TPSA) is 46.6 Å². The molecule has 1 aliphatic heterocycles. The molecule has 1 aliphatic rings. The van der Waals surface area contributed by atoms with Crippen LogP contribution in [0.5, 0.6) is 0 Å². The van der Waals surface area contributed by atoms with E-state index in [4.69, 9.17) is 4.84 Å². The van der Waals surface area contributed by atoms with Crippen molar-refractivity contribution in [1.82, 2.24) is 5.06 Å². The molecule has 4 nitrogen and oxygen atoms in total. The molecule has 2 rings (SSSR count). The van der Waals surface area contributed by atoms with E-state index < -0.39 is 5.41 Å². The minimum Gasteiger partial charge on any atom is -0.367 e. The first-order valence-corrected chi connectivity index (χ1v) is 7.86. The molecule has 0 N–H and O–H groups in total. The third kappa shape index (κ3) is 4.11. The molecule has 1 aromatic heterocycles. The van der Waals surface area contributed by atoms with Gasteiger partial charge in [-0.15, -0.1) is 16.4 Å². The number of nitrogens with zero attached hydrogens (tertiary/aromatic N) is 1. The van der Waals surface area contributed by atoms with Crippen LogP contribution < -0.4 is 0 Å². The molecule has 2 heterocycles. The molecule has 0 unspecified atom stereocenters. The van der Waals surface area contributed by atoms with Crippen LogP contribution in [0.25, 0.3) is 0 Å². The van der Waals surface area contributed by atoms with E-state index in [2.05, 4.69) is 0 Å². The Morgan fingerprint density at radius 1 is 1.29 bits per heavy atom. The number of hydroxylamine groups is 2. The maximum Gasteiger partial charge on any atom is 0.330 e. The second kappa shape index (κ2) is 6.23. The summed E-state index contributed by atoms with van der Waals surface area (Å²) in [7, 11) is 0. The molecule has 0 bridgehead atoms. The number of rotatable bonds is 3. The van der Waals surface area contributed by atoms with E-state index in [0.29, 0.717) is 30.8 Å². The Bertz CT molecular complexity index is 527. The van der Waals surface area contributed by atoms with Gasteiger partial charge < -0.3 is 4.84 Å². The Morgan fingerprint density at radius 3 is 2.38 bits per heavy atom. The van der Waals surface area contributed by atoms with Crippen LogP contribution in [0.15, 0.2) is 12.1 Å². The first kappa shape index (κ1) is 16.1. The molecule has 116 valence electrons. The van der Waals surface area contributed by atoms with Crippen molar-refractivity contribution in [3.63, 3.8) is 0 Å². The predicted octanol–water partition coefficient (Wildman–Crippen LogP) is 3.29. The first-order valence-electron chi connectivity index (χ1n) is 7.04. The normalized spacial score (nSPS) is 17.7. The molecule has 0 amide bonds. The van der Waals surface area contributed by atoms with Crippen molar-refractivity contribution >= 4 is 23.1 Å². The minimum atomic E-state index is -0.541. The molecule has 0 saturated carbocycles. The zero-order valence-corrected chi connectivity index (χ0v) is 13.3. The number of halogens is 1. The average Bonchev–Trinajstić information content (AvgIpc) is 2.84. The highest BCUT2D eigenvalue weighted by Gasteiger charge is 2.31. The maximum absolute atomic E-state index is 13.0. The lowest BCUT2D eigenvalue weighted by molar-refractivity contribution is -0.205. The van der Waals surface area contributed by atoms with Crippen LogP contribution in [0.2, 0.25) is 0 Å². The van der Waals surface area contributed by atoms with Crippen molar-refractivity contribution in [2.75, 3.05) is 13.1 Å². The molecule has 1 saturated heterocycles. The lowest BCUT2D eigenvalue weighted by Gasteiger charge is -2.31. The minimum absolute atomic E-state index is 0.00861. The van der Waals surface area contributed by atoms with Gasteiger partial charge in [0.15, 0.2) is 10.9 Å². The standard InChI is InChI=1S/C15H20FNO3S/c1-15(2,3)14(19)20-17-8-6-10(7-9-17)13(18)11-4-5-12(16)21-11/h4-5,10H,6-9H2,1-3H3. The largest absolute Gasteiger partial charge is 0.367 e. The van der Waals surface area contributed by atoms with E-state index in [1.54, 1.807) is 25.8 Å². The Morgan fingerprint density at radius 2 is 1.90 bits per heavy atom. The molecular weight excluding hydrogens is 293 g/mol. The number of hydrogen-bond donors (Lipinski definition) is 0. The Balaban J connectivity index is 1.86. The summed E-state index contributed by atoms with van der Waals surface area (Å²) in [6.07, 6.45) is 1.24. The summed E-state index contributed by atoms with van der Waals surface area (Å²) in [6.45, 7) is 6.48. The van der Waals surface area contributed by atoms with Gasteiger partial charge in [-0.05, 0) is 45.7 Å². The van der Waals surface area contributed by atoms with Gasteiger partial charge in [-0.25, -0.2) is 4.79 Å². The summed E-state index contributed by atoms with van der Waals surface area (Å²) < 4.78 is 13.0. The SMILES string of the molecule is CC(C)(C)C(=O)ON1CCC(C(=O)c2ccc(F)s2)CC1. The van der Waals surface area contributed by atoms with Crippen molar-refractivity contribution in [1.29, 1.82) is 0 Å². The number of thiophene rings is 1. The molecule has 21 heavy (non-hydrogen) atoms. The summed E-state index contributed by atoms with van der Waals surface area (Å²) in [5.74, 6) is -0.397. The van der Waals surface area contributed by atoms with E-state index in [1.807, 2.05) is 0 Å². The number of ketones is 1. The third-order valence-electron chi connectivity index (χ3n) is 3.47. The van der Waals surface area contributed by atoms with Gasteiger partial charge in [0.05, 0.1) is 10.3 Å². The van der Waals surface area contributed by atoms with Crippen molar-refractivity contribution < 1.29 is 18.8 Å². The number of carbonyl (C=O) groups is 2. The Labute approximate surface area is 127 Å². The smallest absolute Gasteiger partial charge is 0.330 e. The second-order valence-electron chi connectivity index (χ2n) is 6.30. The molecule has 0 radical (unpaired) electrons. The molecule has 6 heteroatoms. The van der Waals surface area contributed by atoms with Gasteiger partial charge in [-0.1, -0.05) is 0 Å². The van der Waals surface area contributed by atoms with Crippen molar-refractivity contribution in [3.05, 3.63) is 22.1 Å². The highest BCUT2D eigenvalue weighted by atomic mass is 32.1. The van der Waals surface area contributed by atoms with Gasteiger partial charge in [0.2, 0.25) is 0 Å². The van der Waals surface area contributed by atoms with E-state index in [1.165, 1.54) is 12.1 Å². The van der Waals surface area contributed by atoms with E-state index in [-0.39, 0.29) is 22.8 Å². The zero-order chi connectivity index (χ0) is 15.6. The van der Waals surface area contributed by atoms with E-state index in [9.17, 15) is 14.0 Å². The second-order valence-corrected chi connectivity index (χ2v) is 7.33. The van der Waals surface area contributed by atoms with Gasteiger partial charge in [-0.2, -0.15) is 4.39 Å². The van der Waals surface area contributed by atoms with Gasteiger partial charge in [-0.3, -0.25) is 4.79 Å². The lowest BCUT2D eigenvalue weighted by Crippen LogP contribution is -2.40. The molecule has 1 aromatic rings. The highest BCUT2D eigenvalue weighted by Crippen LogP contribution is 2.26. The first-order chi connectivity index (χ1) is 9.77. The van der Waals surface area contributed by atoms with Crippen LogP contribution in [0.4, 0.5) is 4.39 Å².